The SMILES string of the molecule is CN=C(NCc1ccc(OC)cc1OC(F)F)NC1CCN(C(=O)C2CCCC2)C1.I. The fraction of sp³-hybridized carbons (Fsp3) is 0.619. The predicted molar refractivity (Wildman–Crippen MR) is 125 cm³/mol. The zero-order chi connectivity index (χ0) is 21.5. The maximum Gasteiger partial charge on any atom is 0.387 e. The van der Waals surface area contributed by atoms with Gasteiger partial charge in [0.25, 0.3) is 0 Å². The summed E-state index contributed by atoms with van der Waals surface area (Å²) in [7, 11) is 3.11. The van der Waals surface area contributed by atoms with Gasteiger partial charge in [-0.25, -0.2) is 0 Å². The number of nitrogens with zero attached hydrogens (tertiary/aromatic N) is 2. The van der Waals surface area contributed by atoms with E-state index in [-0.39, 0.29) is 54.1 Å². The summed E-state index contributed by atoms with van der Waals surface area (Å²) in [5, 5.41) is 6.46. The van der Waals surface area contributed by atoms with Crippen molar-refractivity contribution in [1.29, 1.82) is 0 Å². The first-order valence-corrected chi connectivity index (χ1v) is 10.4. The van der Waals surface area contributed by atoms with Crippen LogP contribution >= 0.6 is 24.0 Å². The van der Waals surface area contributed by atoms with Crippen LogP contribution in [0.15, 0.2) is 23.2 Å². The Morgan fingerprint density at radius 1 is 1.29 bits per heavy atom. The van der Waals surface area contributed by atoms with Crippen molar-refractivity contribution in [3.63, 3.8) is 0 Å². The molecule has 1 amide bonds. The molecule has 2 aliphatic rings. The number of carbonyl (C=O) groups excluding carboxylic acids is 1. The Bertz CT molecular complexity index is 760. The Morgan fingerprint density at radius 2 is 2.03 bits per heavy atom. The topological polar surface area (TPSA) is 75.2 Å². The Hall–Kier alpha value is -1.85. The van der Waals surface area contributed by atoms with Crippen LogP contribution in [-0.2, 0) is 11.3 Å². The molecule has 2 fully saturated rings. The summed E-state index contributed by atoms with van der Waals surface area (Å²) >= 11 is 0. The lowest BCUT2D eigenvalue weighted by molar-refractivity contribution is -0.134. The van der Waals surface area contributed by atoms with Crippen LogP contribution in [0.5, 0.6) is 11.5 Å². The van der Waals surface area contributed by atoms with Crippen molar-refractivity contribution in [2.24, 2.45) is 10.9 Å². The molecule has 1 heterocycles. The zero-order valence-corrected chi connectivity index (χ0v) is 20.2. The summed E-state index contributed by atoms with van der Waals surface area (Å²) in [5.74, 6) is 1.50. The maximum atomic E-state index is 12.7. The molecule has 1 unspecified atom stereocenters. The summed E-state index contributed by atoms with van der Waals surface area (Å²) in [6, 6.07) is 4.90. The second kappa shape index (κ2) is 12.3. The van der Waals surface area contributed by atoms with Crippen LogP contribution in [0.25, 0.3) is 0 Å². The van der Waals surface area contributed by atoms with Crippen molar-refractivity contribution >= 4 is 35.8 Å². The third-order valence-corrected chi connectivity index (χ3v) is 5.71. The number of amides is 1. The Kier molecular flexibility index (Phi) is 10.0. The average Bonchev–Trinajstić information content (AvgIpc) is 3.43. The molecule has 1 aromatic rings. The van der Waals surface area contributed by atoms with Crippen LogP contribution < -0.4 is 20.1 Å². The lowest BCUT2D eigenvalue weighted by atomic mass is 10.1. The maximum absolute atomic E-state index is 12.7. The van der Waals surface area contributed by atoms with Crippen LogP contribution in [0.3, 0.4) is 0 Å². The number of likely N-dealkylation sites (tertiary alicyclic amines) is 1. The second-order valence-electron chi connectivity index (χ2n) is 7.67. The summed E-state index contributed by atoms with van der Waals surface area (Å²) in [6.07, 6.45) is 5.14. The zero-order valence-electron chi connectivity index (χ0n) is 17.9. The van der Waals surface area contributed by atoms with E-state index in [4.69, 9.17) is 4.74 Å². The van der Waals surface area contributed by atoms with E-state index in [1.165, 1.54) is 13.2 Å². The summed E-state index contributed by atoms with van der Waals surface area (Å²) in [4.78, 5) is 18.8. The molecule has 0 bridgehead atoms. The van der Waals surface area contributed by atoms with E-state index in [0.29, 0.717) is 23.8 Å². The van der Waals surface area contributed by atoms with E-state index >= 15 is 0 Å². The lowest BCUT2D eigenvalue weighted by Gasteiger charge is -2.21. The predicted octanol–water partition coefficient (Wildman–Crippen LogP) is 3.37. The van der Waals surface area contributed by atoms with Crippen molar-refractivity contribution in [3.8, 4) is 11.5 Å². The molecule has 1 saturated carbocycles. The van der Waals surface area contributed by atoms with Gasteiger partial charge < -0.3 is 25.0 Å². The molecule has 2 N–H and O–H groups in total. The minimum Gasteiger partial charge on any atom is -0.497 e. The monoisotopic (exact) mass is 552 g/mol. The van der Waals surface area contributed by atoms with Crippen LogP contribution in [0, 0.1) is 5.92 Å². The molecule has 1 aromatic carbocycles. The third kappa shape index (κ3) is 7.08. The molecule has 7 nitrogen and oxygen atoms in total. The number of nitrogens with one attached hydrogen (secondary N) is 2. The molecule has 1 saturated heterocycles. The highest BCUT2D eigenvalue weighted by Gasteiger charge is 2.32. The number of alkyl halides is 2. The van der Waals surface area contributed by atoms with E-state index in [0.717, 1.165) is 38.6 Å². The number of hydrogen-bond donors (Lipinski definition) is 2. The van der Waals surface area contributed by atoms with Crippen LogP contribution in [0.4, 0.5) is 8.78 Å². The van der Waals surface area contributed by atoms with Crippen molar-refractivity contribution in [3.05, 3.63) is 23.8 Å². The van der Waals surface area contributed by atoms with Gasteiger partial charge in [-0.05, 0) is 31.4 Å². The van der Waals surface area contributed by atoms with Gasteiger partial charge in [0.1, 0.15) is 11.5 Å². The normalized spacial score (nSPS) is 19.3. The molecule has 1 aliphatic heterocycles. The van der Waals surface area contributed by atoms with Crippen LogP contribution in [0.1, 0.15) is 37.7 Å². The molecular weight excluding hydrogens is 521 g/mol. The van der Waals surface area contributed by atoms with E-state index in [1.54, 1.807) is 19.2 Å². The van der Waals surface area contributed by atoms with Gasteiger partial charge in [-0.15, -0.1) is 24.0 Å². The fourth-order valence-corrected chi connectivity index (χ4v) is 4.09. The van der Waals surface area contributed by atoms with E-state index in [1.807, 2.05) is 4.90 Å². The number of benzene rings is 1. The number of ether oxygens (including phenoxy) is 2. The summed E-state index contributed by atoms with van der Waals surface area (Å²) in [5.41, 5.74) is 0.559. The van der Waals surface area contributed by atoms with Gasteiger partial charge >= 0.3 is 6.61 Å². The number of carbonyl (C=O) groups is 1. The Balaban J connectivity index is 0.00000341. The highest BCUT2D eigenvalue weighted by Crippen LogP contribution is 2.28. The van der Waals surface area contributed by atoms with Gasteiger partial charge in [-0.1, -0.05) is 12.8 Å². The molecule has 1 atom stereocenters. The third-order valence-electron chi connectivity index (χ3n) is 5.71. The number of methoxy groups -OCH3 is 1. The Labute approximate surface area is 199 Å². The van der Waals surface area contributed by atoms with Crippen molar-refractivity contribution in [2.75, 3.05) is 27.2 Å². The van der Waals surface area contributed by atoms with Gasteiger partial charge in [0.15, 0.2) is 5.96 Å². The lowest BCUT2D eigenvalue weighted by Crippen LogP contribution is -2.45. The highest BCUT2D eigenvalue weighted by atomic mass is 127. The molecular formula is C21H31F2IN4O3. The number of rotatable bonds is 7. The highest BCUT2D eigenvalue weighted by molar-refractivity contribution is 14.0. The summed E-state index contributed by atoms with van der Waals surface area (Å²) < 4.78 is 35.2. The molecule has 174 valence electrons. The van der Waals surface area contributed by atoms with Gasteiger partial charge in [0.2, 0.25) is 5.91 Å². The van der Waals surface area contributed by atoms with Crippen LogP contribution in [-0.4, -0.2) is 56.7 Å². The number of aliphatic imine (C=N–C) groups is 1. The second-order valence-corrected chi connectivity index (χ2v) is 7.67. The largest absolute Gasteiger partial charge is 0.497 e. The Morgan fingerprint density at radius 3 is 2.68 bits per heavy atom. The van der Waals surface area contributed by atoms with Crippen molar-refractivity contribution in [1.82, 2.24) is 15.5 Å². The van der Waals surface area contributed by atoms with Gasteiger partial charge in [0, 0.05) is 50.3 Å². The number of hydrogen-bond acceptors (Lipinski definition) is 4. The minimum absolute atomic E-state index is 0. The molecule has 3 rings (SSSR count). The van der Waals surface area contributed by atoms with E-state index in [2.05, 4.69) is 20.4 Å². The number of guanidine groups is 1. The van der Waals surface area contributed by atoms with Gasteiger partial charge in [-0.3, -0.25) is 9.79 Å². The summed E-state index contributed by atoms with van der Waals surface area (Å²) in [6.45, 7) is -1.27. The van der Waals surface area contributed by atoms with Gasteiger partial charge in [0.05, 0.1) is 7.11 Å². The quantitative estimate of drug-likeness (QED) is 0.309. The van der Waals surface area contributed by atoms with Crippen molar-refractivity contribution < 1.29 is 23.0 Å². The van der Waals surface area contributed by atoms with E-state index in [9.17, 15) is 13.6 Å². The van der Waals surface area contributed by atoms with Crippen LogP contribution in [0.2, 0.25) is 0 Å². The first-order chi connectivity index (χ1) is 14.5. The molecule has 0 radical (unpaired) electrons. The standard InChI is InChI=1S/C21H30F2N4O3.HI/c1-24-21(25-12-15-7-8-17(29-2)11-18(15)30-20(22)23)26-16-9-10-27(13-16)19(28)14-5-3-4-6-14;/h7-8,11,14,16,20H,3-6,9-10,12-13H2,1-2H3,(H2,24,25,26);1H. The fourth-order valence-electron chi connectivity index (χ4n) is 4.09. The van der Waals surface area contributed by atoms with E-state index < -0.39 is 6.61 Å². The first-order valence-electron chi connectivity index (χ1n) is 10.4. The molecule has 31 heavy (non-hydrogen) atoms. The first kappa shape index (κ1) is 25.4. The molecule has 1 aliphatic carbocycles. The molecule has 0 spiro atoms. The minimum atomic E-state index is -2.92. The van der Waals surface area contributed by atoms with Crippen molar-refractivity contribution in [2.45, 2.75) is 51.3 Å². The molecule has 10 heteroatoms. The number of halogens is 3. The van der Waals surface area contributed by atoms with Gasteiger partial charge in [-0.2, -0.15) is 8.78 Å². The molecule has 0 aromatic heterocycles. The average molecular weight is 552 g/mol. The smallest absolute Gasteiger partial charge is 0.387 e.